The van der Waals surface area contributed by atoms with Crippen LogP contribution in [0.15, 0.2) is 36.4 Å². The van der Waals surface area contributed by atoms with Gasteiger partial charge in [-0.05, 0) is 49.6 Å². The minimum absolute atomic E-state index is 0.0456. The van der Waals surface area contributed by atoms with E-state index in [1.54, 1.807) is 24.3 Å². The number of ether oxygens (including phenoxy) is 1. The van der Waals surface area contributed by atoms with E-state index in [9.17, 15) is 14.9 Å². The van der Waals surface area contributed by atoms with Crippen LogP contribution in [0.1, 0.15) is 28.8 Å². The molecule has 0 aromatic heterocycles. The van der Waals surface area contributed by atoms with Crippen molar-refractivity contribution in [3.05, 3.63) is 57.6 Å². The van der Waals surface area contributed by atoms with E-state index < -0.39 is 10.8 Å². The Morgan fingerprint density at radius 1 is 1.19 bits per heavy atom. The molecule has 1 heterocycles. The van der Waals surface area contributed by atoms with E-state index >= 15 is 0 Å². The number of amides is 1. The first-order valence-corrected chi connectivity index (χ1v) is 8.49. The number of anilines is 2. The molecule has 136 valence electrons. The molecule has 1 amide bonds. The third kappa shape index (κ3) is 3.61. The zero-order valence-electron chi connectivity index (χ0n) is 14.8. The molecule has 2 aromatic rings. The van der Waals surface area contributed by atoms with Crippen LogP contribution in [-0.4, -0.2) is 31.0 Å². The Hall–Kier alpha value is -3.09. The summed E-state index contributed by atoms with van der Waals surface area (Å²) in [4.78, 5) is 25.6. The lowest BCUT2D eigenvalue weighted by molar-refractivity contribution is -0.384. The maximum Gasteiger partial charge on any atom is 0.293 e. The molecule has 1 N–H and O–H groups in total. The van der Waals surface area contributed by atoms with Crippen LogP contribution in [0.25, 0.3) is 0 Å². The Kier molecular flexibility index (Phi) is 5.06. The number of rotatable bonds is 5. The van der Waals surface area contributed by atoms with Crippen molar-refractivity contribution < 1.29 is 14.5 Å². The van der Waals surface area contributed by atoms with E-state index in [0.29, 0.717) is 17.1 Å². The van der Waals surface area contributed by atoms with Crippen molar-refractivity contribution in [2.24, 2.45) is 0 Å². The molecule has 1 saturated heterocycles. The predicted molar refractivity (Wildman–Crippen MR) is 100 cm³/mol. The van der Waals surface area contributed by atoms with Crippen LogP contribution < -0.4 is 15.0 Å². The van der Waals surface area contributed by atoms with Crippen LogP contribution >= 0.6 is 0 Å². The van der Waals surface area contributed by atoms with Gasteiger partial charge >= 0.3 is 0 Å². The topological polar surface area (TPSA) is 84.7 Å². The van der Waals surface area contributed by atoms with Crippen LogP contribution in [0.3, 0.4) is 0 Å². The number of benzene rings is 2. The third-order valence-electron chi connectivity index (χ3n) is 4.48. The van der Waals surface area contributed by atoms with Gasteiger partial charge in [-0.15, -0.1) is 0 Å². The molecule has 3 rings (SSSR count). The summed E-state index contributed by atoms with van der Waals surface area (Å²) in [6.45, 7) is 3.50. The van der Waals surface area contributed by atoms with Gasteiger partial charge in [0.2, 0.25) is 0 Å². The number of hydrogen-bond donors (Lipinski definition) is 1. The second-order valence-electron chi connectivity index (χ2n) is 6.31. The summed E-state index contributed by atoms with van der Waals surface area (Å²) in [6, 6.07) is 10.1. The smallest absolute Gasteiger partial charge is 0.293 e. The lowest BCUT2D eigenvalue weighted by atomic mass is 10.1. The maximum atomic E-state index is 12.6. The molecule has 0 unspecified atom stereocenters. The van der Waals surface area contributed by atoms with E-state index in [0.717, 1.165) is 31.5 Å². The second-order valence-corrected chi connectivity index (χ2v) is 6.31. The number of carbonyl (C=O) groups excluding carboxylic acids is 1. The first kappa shape index (κ1) is 17.7. The lowest BCUT2D eigenvalue weighted by Crippen LogP contribution is -2.20. The zero-order chi connectivity index (χ0) is 18.7. The van der Waals surface area contributed by atoms with Gasteiger partial charge in [-0.1, -0.05) is 6.07 Å². The predicted octanol–water partition coefficient (Wildman–Crippen LogP) is 3.76. The number of aryl methyl sites for hydroxylation is 1. The summed E-state index contributed by atoms with van der Waals surface area (Å²) < 4.78 is 5.26. The Labute approximate surface area is 151 Å². The number of carbonyl (C=O) groups is 1. The monoisotopic (exact) mass is 355 g/mol. The van der Waals surface area contributed by atoms with Crippen LogP contribution in [0.5, 0.6) is 5.75 Å². The molecular weight excluding hydrogens is 334 g/mol. The lowest BCUT2D eigenvalue weighted by Gasteiger charge is -2.18. The number of nitrogens with one attached hydrogen (secondary N) is 1. The van der Waals surface area contributed by atoms with Crippen molar-refractivity contribution in [2.45, 2.75) is 19.8 Å². The van der Waals surface area contributed by atoms with E-state index in [2.05, 4.69) is 5.32 Å². The Morgan fingerprint density at radius 3 is 2.58 bits per heavy atom. The van der Waals surface area contributed by atoms with Crippen LogP contribution in [0, 0.1) is 17.0 Å². The van der Waals surface area contributed by atoms with E-state index in [4.69, 9.17) is 4.74 Å². The number of nitro benzene ring substituents is 1. The van der Waals surface area contributed by atoms with Gasteiger partial charge in [0.25, 0.3) is 11.6 Å². The number of nitro groups is 1. The fraction of sp³-hybridized carbons (Fsp3) is 0.316. The van der Waals surface area contributed by atoms with Crippen molar-refractivity contribution >= 4 is 23.0 Å². The minimum Gasteiger partial charge on any atom is -0.495 e. The summed E-state index contributed by atoms with van der Waals surface area (Å²) in [5.41, 5.74) is 2.26. The first-order chi connectivity index (χ1) is 12.5. The quantitative estimate of drug-likeness (QED) is 0.652. The van der Waals surface area contributed by atoms with Crippen LogP contribution in [0.2, 0.25) is 0 Å². The van der Waals surface area contributed by atoms with Gasteiger partial charge in [0.1, 0.15) is 11.4 Å². The van der Waals surface area contributed by atoms with Gasteiger partial charge in [-0.3, -0.25) is 14.9 Å². The fourth-order valence-corrected chi connectivity index (χ4v) is 3.15. The highest BCUT2D eigenvalue weighted by atomic mass is 16.6. The van der Waals surface area contributed by atoms with E-state index in [-0.39, 0.29) is 11.3 Å². The standard InChI is InChI=1S/C19H21N3O4/c1-13-5-8-18(26-2)15(11-13)20-19(23)14-6-7-16(17(12-14)22(24)25)21-9-3-4-10-21/h5-8,11-12H,3-4,9-10H2,1-2H3,(H,20,23). The summed E-state index contributed by atoms with van der Waals surface area (Å²) in [7, 11) is 1.52. The molecular formula is C19H21N3O4. The highest BCUT2D eigenvalue weighted by Crippen LogP contribution is 2.32. The molecule has 0 radical (unpaired) electrons. The fourth-order valence-electron chi connectivity index (χ4n) is 3.15. The van der Waals surface area contributed by atoms with Gasteiger partial charge < -0.3 is 15.0 Å². The van der Waals surface area contributed by atoms with Gasteiger partial charge in [0, 0.05) is 24.7 Å². The molecule has 1 aliphatic rings. The zero-order valence-corrected chi connectivity index (χ0v) is 14.8. The van der Waals surface area contributed by atoms with Crippen molar-refractivity contribution in [1.82, 2.24) is 0 Å². The molecule has 1 fully saturated rings. The average molecular weight is 355 g/mol. The molecule has 7 heteroatoms. The normalized spacial score (nSPS) is 13.5. The molecule has 0 atom stereocenters. The van der Waals surface area contributed by atoms with Crippen molar-refractivity contribution in [3.8, 4) is 5.75 Å². The Bertz CT molecular complexity index is 845. The summed E-state index contributed by atoms with van der Waals surface area (Å²) in [5.74, 6) is 0.122. The van der Waals surface area contributed by atoms with Crippen LogP contribution in [-0.2, 0) is 0 Å². The van der Waals surface area contributed by atoms with E-state index in [1.807, 2.05) is 17.9 Å². The largest absolute Gasteiger partial charge is 0.495 e. The van der Waals surface area contributed by atoms with Crippen LogP contribution in [0.4, 0.5) is 17.1 Å². The molecule has 0 spiro atoms. The van der Waals surface area contributed by atoms with E-state index in [1.165, 1.54) is 13.2 Å². The summed E-state index contributed by atoms with van der Waals surface area (Å²) in [5, 5.41) is 14.3. The highest BCUT2D eigenvalue weighted by molar-refractivity contribution is 6.05. The molecule has 0 bridgehead atoms. The van der Waals surface area contributed by atoms with Crippen molar-refractivity contribution in [2.75, 3.05) is 30.4 Å². The van der Waals surface area contributed by atoms with Gasteiger partial charge in [-0.2, -0.15) is 0 Å². The minimum atomic E-state index is -0.433. The molecule has 0 saturated carbocycles. The van der Waals surface area contributed by atoms with Gasteiger partial charge in [0.15, 0.2) is 0 Å². The van der Waals surface area contributed by atoms with Crippen molar-refractivity contribution in [1.29, 1.82) is 0 Å². The molecule has 1 aliphatic heterocycles. The molecule has 2 aromatic carbocycles. The van der Waals surface area contributed by atoms with Gasteiger partial charge in [0.05, 0.1) is 17.7 Å². The third-order valence-corrected chi connectivity index (χ3v) is 4.48. The molecule has 26 heavy (non-hydrogen) atoms. The number of hydrogen-bond acceptors (Lipinski definition) is 5. The Balaban J connectivity index is 1.89. The summed E-state index contributed by atoms with van der Waals surface area (Å²) >= 11 is 0. The number of methoxy groups -OCH3 is 1. The average Bonchev–Trinajstić information content (AvgIpc) is 3.16. The molecule has 7 nitrogen and oxygen atoms in total. The number of nitrogens with zero attached hydrogens (tertiary/aromatic N) is 2. The summed E-state index contributed by atoms with van der Waals surface area (Å²) in [6.07, 6.45) is 2.04. The maximum absolute atomic E-state index is 12.6. The Morgan fingerprint density at radius 2 is 1.92 bits per heavy atom. The highest BCUT2D eigenvalue weighted by Gasteiger charge is 2.24. The molecule has 0 aliphatic carbocycles. The SMILES string of the molecule is COc1ccc(C)cc1NC(=O)c1ccc(N2CCCC2)c([N+](=O)[O-])c1. The second kappa shape index (κ2) is 7.43. The van der Waals surface area contributed by atoms with Crippen molar-refractivity contribution in [3.63, 3.8) is 0 Å². The van der Waals surface area contributed by atoms with Gasteiger partial charge in [-0.25, -0.2) is 0 Å². The first-order valence-electron chi connectivity index (χ1n) is 8.49.